The Morgan fingerprint density at radius 3 is 2.56 bits per heavy atom. The van der Waals surface area contributed by atoms with E-state index in [1.807, 2.05) is 24.5 Å². The Morgan fingerprint density at radius 2 is 1.76 bits per heavy atom. The first-order valence-corrected chi connectivity index (χ1v) is 12.9. The minimum atomic E-state index is 0.452. The molecule has 0 unspecified atom stereocenters. The number of pyridine rings is 3. The molecule has 1 aliphatic carbocycles. The van der Waals surface area contributed by atoms with Gasteiger partial charge in [0, 0.05) is 12.5 Å². The van der Waals surface area contributed by atoms with Gasteiger partial charge in [0.25, 0.3) is 0 Å². The molecule has 0 atom stereocenters. The van der Waals surface area contributed by atoms with Crippen molar-refractivity contribution in [3.05, 3.63) is 47.4 Å². The third-order valence-corrected chi connectivity index (χ3v) is 7.89. The number of nitrogens with two attached hydrogens (primary N) is 1. The molecule has 6 rings (SSSR count). The van der Waals surface area contributed by atoms with Gasteiger partial charge in [0.1, 0.15) is 10.8 Å². The molecule has 0 spiro atoms. The number of hydrogen-bond acceptors (Lipinski definition) is 9. The zero-order chi connectivity index (χ0) is 22.9. The maximum atomic E-state index is 6.33. The highest BCUT2D eigenvalue weighted by atomic mass is 32.1. The summed E-state index contributed by atoms with van der Waals surface area (Å²) in [4.78, 5) is 16.3. The van der Waals surface area contributed by atoms with Crippen LogP contribution in [0.3, 0.4) is 0 Å². The van der Waals surface area contributed by atoms with Gasteiger partial charge in [-0.05, 0) is 63.0 Å². The van der Waals surface area contributed by atoms with Crippen molar-refractivity contribution in [3.8, 4) is 10.6 Å². The lowest BCUT2D eigenvalue weighted by molar-refractivity contribution is 0.327. The van der Waals surface area contributed by atoms with Gasteiger partial charge >= 0.3 is 0 Å². The Bertz CT molecular complexity index is 1290. The number of aromatic nitrogens is 5. The van der Waals surface area contributed by atoms with Crippen LogP contribution in [0.15, 0.2) is 36.7 Å². The van der Waals surface area contributed by atoms with E-state index in [0.717, 1.165) is 50.2 Å². The van der Waals surface area contributed by atoms with Crippen LogP contribution in [0.5, 0.6) is 0 Å². The van der Waals surface area contributed by atoms with Crippen LogP contribution in [-0.2, 0) is 6.54 Å². The zero-order valence-corrected chi connectivity index (χ0v) is 19.9. The van der Waals surface area contributed by atoms with E-state index in [9.17, 15) is 0 Å². The van der Waals surface area contributed by atoms with Crippen LogP contribution in [-0.4, -0.2) is 43.1 Å². The molecule has 2 fully saturated rings. The Morgan fingerprint density at radius 1 is 0.941 bits per heavy atom. The second kappa shape index (κ2) is 9.23. The highest BCUT2D eigenvalue weighted by Gasteiger charge is 2.22. The molecular weight excluding hydrogens is 444 g/mol. The number of hydrogen-bond donors (Lipinski definition) is 2. The van der Waals surface area contributed by atoms with Gasteiger partial charge in [-0.2, -0.15) is 0 Å². The number of nitrogen functional groups attached to an aromatic ring is 1. The highest BCUT2D eigenvalue weighted by molar-refractivity contribution is 7.14. The van der Waals surface area contributed by atoms with Crippen LogP contribution in [0.2, 0.25) is 0 Å². The third kappa shape index (κ3) is 4.45. The molecule has 0 aromatic carbocycles. The standard InChI is InChI=1S/C25H28N8S/c26-23-20(25-32-31-24(34-25)16-5-1-2-6-16)12-21-22(30-23)11-19(14-28-21)29-17-7-8-18(27-13-17)15-33-9-3-4-10-33/h7-8,11-14,16,29H,1-6,9-10,15H2,(H2,26,30). The number of likely N-dealkylation sites (tertiary alicyclic amines) is 1. The molecule has 0 amide bonds. The van der Waals surface area contributed by atoms with Crippen LogP contribution in [0.25, 0.3) is 21.6 Å². The van der Waals surface area contributed by atoms with E-state index < -0.39 is 0 Å². The quantitative estimate of drug-likeness (QED) is 0.398. The van der Waals surface area contributed by atoms with E-state index in [0.29, 0.717) is 11.7 Å². The van der Waals surface area contributed by atoms with Gasteiger partial charge in [-0.25, -0.2) is 4.98 Å². The molecule has 5 heterocycles. The first kappa shape index (κ1) is 21.4. The molecule has 1 saturated carbocycles. The van der Waals surface area contributed by atoms with Crippen LogP contribution < -0.4 is 11.1 Å². The van der Waals surface area contributed by atoms with Gasteiger partial charge in [0.05, 0.1) is 46.1 Å². The summed E-state index contributed by atoms with van der Waals surface area (Å²) in [5.41, 5.74) is 11.5. The number of nitrogens with zero attached hydrogens (tertiary/aromatic N) is 6. The summed E-state index contributed by atoms with van der Waals surface area (Å²) >= 11 is 1.63. The fourth-order valence-electron chi connectivity index (χ4n) is 4.91. The van der Waals surface area contributed by atoms with E-state index in [1.165, 1.54) is 51.6 Å². The Balaban J connectivity index is 1.19. The number of fused-ring (bicyclic) bond motifs is 1. The fourth-order valence-corrected chi connectivity index (χ4v) is 5.95. The van der Waals surface area contributed by atoms with Gasteiger partial charge in [-0.15, -0.1) is 10.2 Å². The first-order valence-electron chi connectivity index (χ1n) is 12.1. The molecule has 34 heavy (non-hydrogen) atoms. The van der Waals surface area contributed by atoms with E-state index in [-0.39, 0.29) is 0 Å². The van der Waals surface area contributed by atoms with Crippen molar-refractivity contribution in [2.75, 3.05) is 24.1 Å². The number of nitrogens with one attached hydrogen (secondary N) is 1. The molecule has 0 radical (unpaired) electrons. The SMILES string of the molecule is Nc1nc2cc(Nc3ccc(CN4CCCC4)nc3)cnc2cc1-c1nnc(C2CCCC2)s1. The van der Waals surface area contributed by atoms with E-state index in [4.69, 9.17) is 5.73 Å². The Kier molecular flexibility index (Phi) is 5.80. The highest BCUT2D eigenvalue weighted by Crippen LogP contribution is 2.38. The average molecular weight is 473 g/mol. The van der Waals surface area contributed by atoms with Crippen LogP contribution in [0, 0.1) is 0 Å². The normalized spacial score (nSPS) is 17.1. The van der Waals surface area contributed by atoms with Crippen LogP contribution in [0.1, 0.15) is 55.1 Å². The summed E-state index contributed by atoms with van der Waals surface area (Å²) in [6.07, 6.45) is 11.2. The number of anilines is 3. The van der Waals surface area contributed by atoms with Gasteiger partial charge in [-0.3, -0.25) is 14.9 Å². The van der Waals surface area contributed by atoms with Gasteiger partial charge in [0.2, 0.25) is 0 Å². The van der Waals surface area contributed by atoms with E-state index in [2.05, 4.69) is 47.5 Å². The molecule has 4 aromatic heterocycles. The molecule has 9 heteroatoms. The van der Waals surface area contributed by atoms with Crippen molar-refractivity contribution in [1.82, 2.24) is 30.0 Å². The molecule has 1 aliphatic heterocycles. The van der Waals surface area contributed by atoms with Crippen LogP contribution in [0.4, 0.5) is 17.2 Å². The minimum Gasteiger partial charge on any atom is -0.383 e. The summed E-state index contributed by atoms with van der Waals surface area (Å²) < 4.78 is 0. The summed E-state index contributed by atoms with van der Waals surface area (Å²) in [6, 6.07) is 8.07. The molecule has 8 nitrogen and oxygen atoms in total. The van der Waals surface area contributed by atoms with Crippen molar-refractivity contribution in [2.24, 2.45) is 0 Å². The van der Waals surface area contributed by atoms with Crippen molar-refractivity contribution < 1.29 is 0 Å². The maximum Gasteiger partial charge on any atom is 0.151 e. The van der Waals surface area contributed by atoms with Gasteiger partial charge in [-0.1, -0.05) is 24.2 Å². The summed E-state index contributed by atoms with van der Waals surface area (Å²) in [7, 11) is 0. The minimum absolute atomic E-state index is 0.452. The molecule has 1 saturated heterocycles. The lowest BCUT2D eigenvalue weighted by Gasteiger charge is -2.14. The maximum absolute atomic E-state index is 6.33. The molecule has 3 N–H and O–H groups in total. The predicted molar refractivity (Wildman–Crippen MR) is 136 cm³/mol. The van der Waals surface area contributed by atoms with Crippen molar-refractivity contribution >= 4 is 39.6 Å². The van der Waals surface area contributed by atoms with Crippen molar-refractivity contribution in [1.29, 1.82) is 0 Å². The van der Waals surface area contributed by atoms with Crippen LogP contribution >= 0.6 is 11.3 Å². The van der Waals surface area contributed by atoms with E-state index >= 15 is 0 Å². The summed E-state index contributed by atoms with van der Waals surface area (Å²) in [5, 5.41) is 14.2. The zero-order valence-electron chi connectivity index (χ0n) is 19.1. The first-order chi connectivity index (χ1) is 16.7. The molecule has 4 aromatic rings. The number of rotatable bonds is 6. The second-order valence-electron chi connectivity index (χ2n) is 9.26. The fraction of sp³-hybridized carbons (Fsp3) is 0.400. The monoisotopic (exact) mass is 472 g/mol. The second-order valence-corrected chi connectivity index (χ2v) is 10.3. The van der Waals surface area contributed by atoms with Gasteiger partial charge < -0.3 is 11.1 Å². The summed E-state index contributed by atoms with van der Waals surface area (Å²) in [6.45, 7) is 3.26. The Hall–Kier alpha value is -3.17. The summed E-state index contributed by atoms with van der Waals surface area (Å²) in [5.74, 6) is 0.991. The lowest BCUT2D eigenvalue weighted by Crippen LogP contribution is -2.18. The molecule has 0 bridgehead atoms. The predicted octanol–water partition coefficient (Wildman–Crippen LogP) is 5.12. The lowest BCUT2D eigenvalue weighted by atomic mass is 10.1. The average Bonchev–Trinajstić information content (AvgIpc) is 3.62. The smallest absolute Gasteiger partial charge is 0.151 e. The van der Waals surface area contributed by atoms with E-state index in [1.54, 1.807) is 11.3 Å². The van der Waals surface area contributed by atoms with Crippen molar-refractivity contribution in [2.45, 2.75) is 51.0 Å². The molecule has 2 aliphatic rings. The Labute approximate surface area is 202 Å². The topological polar surface area (TPSA) is 106 Å². The van der Waals surface area contributed by atoms with Crippen molar-refractivity contribution in [3.63, 3.8) is 0 Å². The largest absolute Gasteiger partial charge is 0.383 e. The van der Waals surface area contributed by atoms with Gasteiger partial charge in [0.15, 0.2) is 5.01 Å². The molecule has 174 valence electrons. The third-order valence-electron chi connectivity index (χ3n) is 6.77. The molecular formula is C25H28N8S.